The molecule has 0 bridgehead atoms. The molecule has 106 valence electrons. The maximum atomic E-state index is 14.0. The van der Waals surface area contributed by atoms with Crippen molar-refractivity contribution in [2.75, 3.05) is 4.90 Å². The molecule has 1 saturated carbocycles. The lowest BCUT2D eigenvalue weighted by atomic mass is 9.80. The highest BCUT2D eigenvalue weighted by Gasteiger charge is 2.59. The number of alkyl halides is 1. The van der Waals surface area contributed by atoms with Gasteiger partial charge in [0.25, 0.3) is 5.91 Å². The molecule has 1 aromatic carbocycles. The number of carbonyl (C=O) groups is 2. The fourth-order valence-corrected chi connectivity index (χ4v) is 3.80. The Morgan fingerprint density at radius 3 is 2.75 bits per heavy atom. The first-order chi connectivity index (χ1) is 9.45. The van der Waals surface area contributed by atoms with Gasteiger partial charge in [0.15, 0.2) is 0 Å². The molecule has 3 nitrogen and oxygen atoms in total. The van der Waals surface area contributed by atoms with E-state index in [1.807, 2.05) is 0 Å². The maximum Gasteiger partial charge on any atom is 0.255 e. The van der Waals surface area contributed by atoms with Crippen LogP contribution in [0, 0.1) is 11.7 Å². The first kappa shape index (κ1) is 14.0. The number of halogens is 3. The van der Waals surface area contributed by atoms with Crippen molar-refractivity contribution < 1.29 is 14.0 Å². The molecule has 1 heterocycles. The average molecular weight is 361 g/mol. The van der Waals surface area contributed by atoms with Gasteiger partial charge in [0, 0.05) is 4.47 Å². The quantitative estimate of drug-likeness (QED) is 0.566. The van der Waals surface area contributed by atoms with Crippen LogP contribution in [0.15, 0.2) is 22.7 Å². The number of hydrogen-bond acceptors (Lipinski definition) is 2. The lowest BCUT2D eigenvalue weighted by molar-refractivity contribution is -0.122. The highest BCUT2D eigenvalue weighted by molar-refractivity contribution is 9.10. The first-order valence-electron chi connectivity index (χ1n) is 6.47. The largest absolute Gasteiger partial charge is 0.274 e. The molecule has 0 spiro atoms. The number of imide groups is 1. The Kier molecular flexibility index (Phi) is 3.37. The van der Waals surface area contributed by atoms with E-state index in [2.05, 4.69) is 15.9 Å². The van der Waals surface area contributed by atoms with Crippen molar-refractivity contribution in [1.82, 2.24) is 0 Å². The number of fused-ring (bicyclic) bond motifs is 1. The Balaban J connectivity index is 2.06. The van der Waals surface area contributed by atoms with Crippen LogP contribution in [0.25, 0.3) is 0 Å². The van der Waals surface area contributed by atoms with Crippen molar-refractivity contribution in [2.45, 2.75) is 30.6 Å². The van der Waals surface area contributed by atoms with E-state index in [-0.39, 0.29) is 11.6 Å². The minimum absolute atomic E-state index is 0.0161. The third kappa shape index (κ3) is 1.91. The zero-order valence-electron chi connectivity index (χ0n) is 10.5. The Morgan fingerprint density at radius 1 is 1.35 bits per heavy atom. The smallest absolute Gasteiger partial charge is 0.255 e. The van der Waals surface area contributed by atoms with E-state index in [4.69, 9.17) is 11.6 Å². The zero-order valence-corrected chi connectivity index (χ0v) is 12.9. The van der Waals surface area contributed by atoms with Gasteiger partial charge < -0.3 is 0 Å². The second-order valence-electron chi connectivity index (χ2n) is 5.24. The molecule has 2 unspecified atom stereocenters. The van der Waals surface area contributed by atoms with Gasteiger partial charge in [0.2, 0.25) is 5.91 Å². The second kappa shape index (κ2) is 4.81. The lowest BCUT2D eigenvalue weighted by Gasteiger charge is -2.28. The number of nitrogens with zero attached hydrogens (tertiary/aromatic N) is 1. The number of amides is 2. The summed E-state index contributed by atoms with van der Waals surface area (Å²) in [6.07, 6.45) is 2.74. The van der Waals surface area contributed by atoms with Crippen LogP contribution in [0.1, 0.15) is 25.7 Å². The molecule has 1 aromatic rings. The highest BCUT2D eigenvalue weighted by atomic mass is 79.9. The molecule has 1 aliphatic heterocycles. The van der Waals surface area contributed by atoms with E-state index in [1.54, 1.807) is 6.07 Å². The highest BCUT2D eigenvalue weighted by Crippen LogP contribution is 2.47. The molecule has 0 aromatic heterocycles. The van der Waals surface area contributed by atoms with Gasteiger partial charge >= 0.3 is 0 Å². The molecule has 20 heavy (non-hydrogen) atoms. The molecule has 0 radical (unpaired) electrons. The summed E-state index contributed by atoms with van der Waals surface area (Å²) in [6, 6.07) is 4.26. The third-order valence-electron chi connectivity index (χ3n) is 4.06. The van der Waals surface area contributed by atoms with Crippen LogP contribution in [-0.2, 0) is 9.59 Å². The first-order valence-corrected chi connectivity index (χ1v) is 7.64. The summed E-state index contributed by atoms with van der Waals surface area (Å²) in [5.41, 5.74) is -0.0161. The molecule has 2 aliphatic rings. The molecular formula is C14H12BrClFNO2. The summed E-state index contributed by atoms with van der Waals surface area (Å²) in [4.78, 5) is 24.7. The van der Waals surface area contributed by atoms with Crippen molar-refractivity contribution in [3.05, 3.63) is 28.5 Å². The van der Waals surface area contributed by atoms with Crippen molar-refractivity contribution in [2.24, 2.45) is 5.92 Å². The van der Waals surface area contributed by atoms with Crippen molar-refractivity contribution in [3.8, 4) is 0 Å². The molecule has 1 saturated heterocycles. The molecule has 2 atom stereocenters. The van der Waals surface area contributed by atoms with Crippen LogP contribution in [-0.4, -0.2) is 16.7 Å². The van der Waals surface area contributed by atoms with Gasteiger partial charge in [-0.3, -0.25) is 9.59 Å². The molecular weight excluding hydrogens is 349 g/mol. The number of rotatable bonds is 1. The van der Waals surface area contributed by atoms with Crippen LogP contribution in [0.5, 0.6) is 0 Å². The average Bonchev–Trinajstić information content (AvgIpc) is 2.59. The van der Waals surface area contributed by atoms with Gasteiger partial charge in [-0.1, -0.05) is 28.8 Å². The summed E-state index contributed by atoms with van der Waals surface area (Å²) in [6.45, 7) is 0. The summed E-state index contributed by atoms with van der Waals surface area (Å²) < 4.78 is 14.6. The van der Waals surface area contributed by atoms with E-state index in [1.165, 1.54) is 12.1 Å². The van der Waals surface area contributed by atoms with E-state index in [9.17, 15) is 14.0 Å². The van der Waals surface area contributed by atoms with E-state index in [0.29, 0.717) is 17.3 Å². The van der Waals surface area contributed by atoms with E-state index in [0.717, 1.165) is 17.7 Å². The monoisotopic (exact) mass is 359 g/mol. The van der Waals surface area contributed by atoms with Crippen molar-refractivity contribution >= 4 is 45.0 Å². The van der Waals surface area contributed by atoms with Gasteiger partial charge in [0.05, 0.1) is 11.6 Å². The molecule has 2 fully saturated rings. The minimum Gasteiger partial charge on any atom is -0.274 e. The number of benzene rings is 1. The number of carbonyl (C=O) groups excluding carboxylic acids is 2. The molecule has 2 amide bonds. The standard InChI is InChI=1S/C14H12BrClFNO2/c15-8-4-5-11(10(17)7-8)18-12(19)9-3-1-2-6-14(9,16)13(18)20/h4-5,7,9H,1-3,6H2. The van der Waals surface area contributed by atoms with E-state index < -0.39 is 22.5 Å². The summed E-state index contributed by atoms with van der Waals surface area (Å²) >= 11 is 9.55. The topological polar surface area (TPSA) is 37.4 Å². The van der Waals surface area contributed by atoms with Crippen LogP contribution in [0.3, 0.4) is 0 Å². The Bertz CT molecular complexity index is 609. The minimum atomic E-state index is -1.19. The van der Waals surface area contributed by atoms with Gasteiger partial charge in [0.1, 0.15) is 10.7 Å². The van der Waals surface area contributed by atoms with Gasteiger partial charge in [-0.25, -0.2) is 9.29 Å². The number of hydrogen-bond donors (Lipinski definition) is 0. The lowest BCUT2D eigenvalue weighted by Crippen LogP contribution is -2.40. The molecule has 3 rings (SSSR count). The fourth-order valence-electron chi connectivity index (χ4n) is 3.04. The van der Waals surface area contributed by atoms with Crippen molar-refractivity contribution in [3.63, 3.8) is 0 Å². The summed E-state index contributed by atoms with van der Waals surface area (Å²) in [5, 5.41) is 0. The van der Waals surface area contributed by atoms with Crippen molar-refractivity contribution in [1.29, 1.82) is 0 Å². The van der Waals surface area contributed by atoms with Crippen LogP contribution >= 0.6 is 27.5 Å². The fraction of sp³-hybridized carbons (Fsp3) is 0.429. The SMILES string of the molecule is O=C1C2CCCCC2(Cl)C(=O)N1c1ccc(Br)cc1F. The second-order valence-corrected chi connectivity index (χ2v) is 6.83. The normalized spacial score (nSPS) is 29.8. The molecule has 1 aliphatic carbocycles. The zero-order chi connectivity index (χ0) is 14.5. The van der Waals surface area contributed by atoms with E-state index >= 15 is 0 Å². The molecule has 0 N–H and O–H groups in total. The predicted octanol–water partition coefficient (Wildman–Crippen LogP) is 3.63. The molecule has 6 heteroatoms. The maximum absolute atomic E-state index is 14.0. The van der Waals surface area contributed by atoms with Gasteiger partial charge in [-0.15, -0.1) is 11.6 Å². The summed E-state index contributed by atoms with van der Waals surface area (Å²) in [7, 11) is 0. The van der Waals surface area contributed by atoms with Crippen LogP contribution in [0.4, 0.5) is 10.1 Å². The van der Waals surface area contributed by atoms with Crippen LogP contribution < -0.4 is 4.90 Å². The Hall–Kier alpha value is -0.940. The number of anilines is 1. The summed E-state index contributed by atoms with van der Waals surface area (Å²) in [5.74, 6) is -2.02. The van der Waals surface area contributed by atoms with Gasteiger partial charge in [-0.05, 0) is 31.0 Å². The Morgan fingerprint density at radius 2 is 2.10 bits per heavy atom. The third-order valence-corrected chi connectivity index (χ3v) is 5.17. The predicted molar refractivity (Wildman–Crippen MR) is 77.1 cm³/mol. The Labute approximate surface area is 129 Å². The van der Waals surface area contributed by atoms with Gasteiger partial charge in [-0.2, -0.15) is 0 Å². The van der Waals surface area contributed by atoms with Crippen LogP contribution in [0.2, 0.25) is 0 Å².